The zero-order valence-electron chi connectivity index (χ0n) is 21.5. The van der Waals surface area contributed by atoms with Crippen LogP contribution in [-0.4, -0.2) is 42.2 Å². The summed E-state index contributed by atoms with van der Waals surface area (Å²) in [6.45, 7) is 6.32. The Morgan fingerprint density at radius 1 is 1.13 bits per heavy atom. The molecule has 0 unspecified atom stereocenters. The lowest BCUT2D eigenvalue weighted by atomic mass is 10.0. The van der Waals surface area contributed by atoms with Crippen molar-refractivity contribution in [1.82, 2.24) is 25.1 Å². The number of nitro benzene ring substituents is 1. The number of thioether (sulfide) groups is 1. The van der Waals surface area contributed by atoms with Crippen molar-refractivity contribution in [3.63, 3.8) is 0 Å². The molecule has 4 rings (SSSR count). The van der Waals surface area contributed by atoms with E-state index in [1.54, 1.807) is 0 Å². The Kier molecular flexibility index (Phi) is 9.04. The number of nitrogens with zero attached hydrogens (tertiary/aromatic N) is 5. The van der Waals surface area contributed by atoms with E-state index in [4.69, 9.17) is 0 Å². The number of hydrogen-bond acceptors (Lipinski definition) is 9. The predicted molar refractivity (Wildman–Crippen MR) is 151 cm³/mol. The molecule has 11 nitrogen and oxygen atoms in total. The first-order valence-corrected chi connectivity index (χ1v) is 14.0. The third kappa shape index (κ3) is 6.86. The Bertz CT molecular complexity index is 1470. The van der Waals surface area contributed by atoms with E-state index in [2.05, 4.69) is 25.8 Å². The topological polar surface area (TPSA) is 145 Å². The number of thiazole rings is 1. The predicted octanol–water partition coefficient (Wildman–Crippen LogP) is 5.19. The van der Waals surface area contributed by atoms with Gasteiger partial charge in [0.2, 0.25) is 5.91 Å². The molecule has 2 heterocycles. The maximum Gasteiger partial charge on any atom is 0.270 e. The van der Waals surface area contributed by atoms with Crippen molar-refractivity contribution in [3.05, 3.63) is 81.5 Å². The lowest BCUT2D eigenvalue weighted by Gasteiger charge is -2.22. The van der Waals surface area contributed by atoms with E-state index in [1.807, 2.05) is 61.1 Å². The standard InChI is InChI=1S/C26H27N7O4S2/c1-4-32-23(22(16(2)3)29-24(35)18-11-8-12-19(13-18)33(36)37)30-31-26(32)39-15-21(34)28-25-27-20(14-38-25)17-9-6-5-7-10-17/h5-14,16,22H,4,15H2,1-3H3,(H,29,35)(H,27,28,34)/t22-/m0/s1. The van der Waals surface area contributed by atoms with Crippen LogP contribution in [0.3, 0.4) is 0 Å². The number of carbonyl (C=O) groups excluding carboxylic acids is 2. The molecule has 0 saturated carbocycles. The summed E-state index contributed by atoms with van der Waals surface area (Å²) in [5.41, 5.74) is 1.79. The molecule has 0 bridgehead atoms. The van der Waals surface area contributed by atoms with Crippen molar-refractivity contribution in [2.75, 3.05) is 11.1 Å². The molecule has 2 N–H and O–H groups in total. The second-order valence-electron chi connectivity index (χ2n) is 8.83. The number of carbonyl (C=O) groups is 2. The molecule has 13 heteroatoms. The van der Waals surface area contributed by atoms with Crippen LogP contribution in [0.1, 0.15) is 43.0 Å². The van der Waals surface area contributed by atoms with Crippen molar-refractivity contribution in [3.8, 4) is 11.3 Å². The Hall–Kier alpha value is -4.10. The van der Waals surface area contributed by atoms with Gasteiger partial charge < -0.3 is 15.2 Å². The number of rotatable bonds is 11. The van der Waals surface area contributed by atoms with E-state index in [0.29, 0.717) is 22.7 Å². The van der Waals surface area contributed by atoms with Gasteiger partial charge in [0, 0.05) is 35.2 Å². The van der Waals surface area contributed by atoms with Gasteiger partial charge in [-0.25, -0.2) is 4.98 Å². The maximum atomic E-state index is 12.9. The Morgan fingerprint density at radius 2 is 1.90 bits per heavy atom. The van der Waals surface area contributed by atoms with Gasteiger partial charge in [0.25, 0.3) is 11.6 Å². The van der Waals surface area contributed by atoms with Gasteiger partial charge in [-0.3, -0.25) is 19.7 Å². The Morgan fingerprint density at radius 3 is 2.59 bits per heavy atom. The fraction of sp³-hybridized carbons (Fsp3) is 0.269. The summed E-state index contributed by atoms with van der Waals surface area (Å²) in [6, 6.07) is 14.8. The van der Waals surface area contributed by atoms with Crippen LogP contribution in [0.2, 0.25) is 0 Å². The van der Waals surface area contributed by atoms with E-state index < -0.39 is 16.9 Å². The zero-order valence-corrected chi connectivity index (χ0v) is 23.2. The molecule has 0 radical (unpaired) electrons. The SMILES string of the molecule is CCn1c(SCC(=O)Nc2nc(-c3ccccc3)cs2)nnc1[C@@H](NC(=O)c1cccc([N+](=O)[O-])c1)C(C)C. The minimum atomic E-state index is -0.541. The number of benzene rings is 2. The fourth-order valence-corrected chi connectivity index (χ4v) is 5.35. The lowest BCUT2D eigenvalue weighted by molar-refractivity contribution is -0.384. The van der Waals surface area contributed by atoms with E-state index in [9.17, 15) is 19.7 Å². The van der Waals surface area contributed by atoms with Gasteiger partial charge in [-0.1, -0.05) is 62.0 Å². The molecule has 2 aromatic heterocycles. The summed E-state index contributed by atoms with van der Waals surface area (Å²) in [4.78, 5) is 40.6. The van der Waals surface area contributed by atoms with Crippen molar-refractivity contribution in [2.24, 2.45) is 5.92 Å². The molecule has 2 aromatic carbocycles. The molecule has 0 aliphatic heterocycles. The molecule has 0 aliphatic rings. The highest BCUT2D eigenvalue weighted by Gasteiger charge is 2.27. The summed E-state index contributed by atoms with van der Waals surface area (Å²) in [5, 5.41) is 28.4. The zero-order chi connectivity index (χ0) is 27.9. The molecule has 0 saturated heterocycles. The second kappa shape index (κ2) is 12.6. The van der Waals surface area contributed by atoms with Gasteiger partial charge in [0.05, 0.1) is 22.4 Å². The Balaban J connectivity index is 1.42. The van der Waals surface area contributed by atoms with Crippen molar-refractivity contribution < 1.29 is 14.5 Å². The monoisotopic (exact) mass is 565 g/mol. The first-order chi connectivity index (χ1) is 18.8. The van der Waals surface area contributed by atoms with Gasteiger partial charge in [-0.15, -0.1) is 21.5 Å². The molecular formula is C26H27N7O4S2. The van der Waals surface area contributed by atoms with Crippen LogP contribution in [0, 0.1) is 16.0 Å². The smallest absolute Gasteiger partial charge is 0.270 e. The third-order valence-corrected chi connectivity index (χ3v) is 7.49. The first kappa shape index (κ1) is 27.9. The normalized spacial score (nSPS) is 11.8. The molecule has 2 amide bonds. The molecule has 0 spiro atoms. The lowest BCUT2D eigenvalue weighted by Crippen LogP contribution is -2.33. The van der Waals surface area contributed by atoms with Crippen molar-refractivity contribution in [2.45, 2.75) is 38.5 Å². The number of aromatic nitrogens is 4. The number of anilines is 1. The van der Waals surface area contributed by atoms with Crippen molar-refractivity contribution >= 4 is 45.7 Å². The minimum Gasteiger partial charge on any atom is -0.342 e. The van der Waals surface area contributed by atoms with Gasteiger partial charge in [-0.2, -0.15) is 0 Å². The number of hydrogen-bond donors (Lipinski definition) is 2. The van der Waals surface area contributed by atoms with Gasteiger partial charge in [-0.05, 0) is 18.9 Å². The van der Waals surface area contributed by atoms with Crippen LogP contribution in [-0.2, 0) is 11.3 Å². The minimum absolute atomic E-state index is 0.0491. The average molecular weight is 566 g/mol. The van der Waals surface area contributed by atoms with Gasteiger partial charge >= 0.3 is 0 Å². The van der Waals surface area contributed by atoms with Crippen LogP contribution in [0.4, 0.5) is 10.8 Å². The maximum absolute atomic E-state index is 12.9. The van der Waals surface area contributed by atoms with Crippen LogP contribution >= 0.6 is 23.1 Å². The molecular weight excluding hydrogens is 538 g/mol. The number of amides is 2. The second-order valence-corrected chi connectivity index (χ2v) is 10.6. The highest BCUT2D eigenvalue weighted by atomic mass is 32.2. The first-order valence-electron chi connectivity index (χ1n) is 12.2. The molecule has 4 aromatic rings. The van der Waals surface area contributed by atoms with E-state index >= 15 is 0 Å². The van der Waals surface area contributed by atoms with Crippen LogP contribution in [0.25, 0.3) is 11.3 Å². The number of non-ortho nitro benzene ring substituents is 1. The summed E-state index contributed by atoms with van der Waals surface area (Å²) < 4.78 is 1.85. The highest BCUT2D eigenvalue weighted by Crippen LogP contribution is 2.27. The molecule has 202 valence electrons. The molecule has 39 heavy (non-hydrogen) atoms. The largest absolute Gasteiger partial charge is 0.342 e. The van der Waals surface area contributed by atoms with E-state index in [0.717, 1.165) is 11.3 Å². The molecule has 0 aliphatic carbocycles. The average Bonchev–Trinajstić information content (AvgIpc) is 3.57. The highest BCUT2D eigenvalue weighted by molar-refractivity contribution is 7.99. The summed E-state index contributed by atoms with van der Waals surface area (Å²) in [5.74, 6) is -0.0748. The van der Waals surface area contributed by atoms with Gasteiger partial charge in [0.1, 0.15) is 0 Å². The summed E-state index contributed by atoms with van der Waals surface area (Å²) in [7, 11) is 0. The van der Waals surface area contributed by atoms with Crippen LogP contribution < -0.4 is 10.6 Å². The van der Waals surface area contributed by atoms with Crippen molar-refractivity contribution in [1.29, 1.82) is 0 Å². The summed E-state index contributed by atoms with van der Waals surface area (Å²) >= 11 is 2.60. The van der Waals surface area contributed by atoms with E-state index in [1.165, 1.54) is 47.4 Å². The van der Waals surface area contributed by atoms with Crippen LogP contribution in [0.15, 0.2) is 65.1 Å². The quantitative estimate of drug-likeness (QED) is 0.144. The number of nitro groups is 1. The summed E-state index contributed by atoms with van der Waals surface area (Å²) in [6.07, 6.45) is 0. The van der Waals surface area contributed by atoms with E-state index in [-0.39, 0.29) is 28.8 Å². The van der Waals surface area contributed by atoms with Crippen LogP contribution in [0.5, 0.6) is 0 Å². The Labute approximate surface area is 233 Å². The fourth-order valence-electron chi connectivity index (χ4n) is 3.81. The molecule has 1 atom stereocenters. The third-order valence-electron chi connectivity index (χ3n) is 5.76. The number of nitrogens with one attached hydrogen (secondary N) is 2. The van der Waals surface area contributed by atoms with Gasteiger partial charge in [0.15, 0.2) is 16.1 Å². The molecule has 0 fully saturated rings.